The fourth-order valence-electron chi connectivity index (χ4n) is 3.14. The molecule has 0 aromatic rings. The summed E-state index contributed by atoms with van der Waals surface area (Å²) in [6.07, 6.45) is 5.44. The van der Waals surface area contributed by atoms with Crippen LogP contribution in [-0.4, -0.2) is 25.2 Å². The molecule has 1 aliphatic heterocycles. The molecule has 88 valence electrons. The van der Waals surface area contributed by atoms with Crippen LogP contribution in [-0.2, 0) is 0 Å². The predicted molar refractivity (Wildman–Crippen MR) is 65.0 cm³/mol. The first-order valence-electron chi connectivity index (χ1n) is 6.54. The SMILES string of the molecule is CC1CNCCC1NC1CCC(C)(C)C1. The summed E-state index contributed by atoms with van der Waals surface area (Å²) >= 11 is 0. The Bertz CT molecular complexity index is 213. The number of hydrogen-bond acceptors (Lipinski definition) is 2. The lowest BCUT2D eigenvalue weighted by Gasteiger charge is -2.33. The van der Waals surface area contributed by atoms with E-state index >= 15 is 0 Å². The van der Waals surface area contributed by atoms with Gasteiger partial charge in [0, 0.05) is 12.1 Å². The Balaban J connectivity index is 1.81. The number of nitrogens with one attached hydrogen (secondary N) is 2. The van der Waals surface area contributed by atoms with E-state index in [4.69, 9.17) is 0 Å². The average Bonchev–Trinajstić information content (AvgIpc) is 2.50. The largest absolute Gasteiger partial charge is 0.316 e. The van der Waals surface area contributed by atoms with E-state index in [1.807, 2.05) is 0 Å². The maximum Gasteiger partial charge on any atom is 0.0119 e. The van der Waals surface area contributed by atoms with E-state index in [-0.39, 0.29) is 0 Å². The zero-order chi connectivity index (χ0) is 10.9. The van der Waals surface area contributed by atoms with Crippen molar-refractivity contribution in [3.63, 3.8) is 0 Å². The zero-order valence-corrected chi connectivity index (χ0v) is 10.5. The fraction of sp³-hybridized carbons (Fsp3) is 1.00. The van der Waals surface area contributed by atoms with Gasteiger partial charge in [-0.1, -0.05) is 20.8 Å². The Labute approximate surface area is 94.2 Å². The maximum absolute atomic E-state index is 3.88. The quantitative estimate of drug-likeness (QED) is 0.730. The van der Waals surface area contributed by atoms with Gasteiger partial charge >= 0.3 is 0 Å². The van der Waals surface area contributed by atoms with Crippen LogP contribution in [0.4, 0.5) is 0 Å². The zero-order valence-electron chi connectivity index (χ0n) is 10.5. The highest BCUT2D eigenvalue weighted by molar-refractivity contribution is 4.90. The van der Waals surface area contributed by atoms with Crippen LogP contribution in [0.1, 0.15) is 46.5 Å². The Morgan fingerprint density at radius 2 is 2.07 bits per heavy atom. The first kappa shape index (κ1) is 11.4. The van der Waals surface area contributed by atoms with Crippen LogP contribution in [0, 0.1) is 11.3 Å². The smallest absolute Gasteiger partial charge is 0.0119 e. The molecule has 3 atom stereocenters. The average molecular weight is 210 g/mol. The van der Waals surface area contributed by atoms with Crippen molar-refractivity contribution in [3.8, 4) is 0 Å². The van der Waals surface area contributed by atoms with E-state index in [0.29, 0.717) is 5.41 Å². The third-order valence-electron chi connectivity index (χ3n) is 4.20. The molecule has 2 nitrogen and oxygen atoms in total. The second kappa shape index (κ2) is 4.42. The van der Waals surface area contributed by atoms with Gasteiger partial charge in [-0.2, -0.15) is 0 Å². The minimum atomic E-state index is 0.577. The summed E-state index contributed by atoms with van der Waals surface area (Å²) < 4.78 is 0. The van der Waals surface area contributed by atoms with Gasteiger partial charge in [0.05, 0.1) is 0 Å². The van der Waals surface area contributed by atoms with Gasteiger partial charge in [0.1, 0.15) is 0 Å². The molecule has 3 unspecified atom stereocenters. The van der Waals surface area contributed by atoms with Gasteiger partial charge in [0.25, 0.3) is 0 Å². The number of hydrogen-bond donors (Lipinski definition) is 2. The lowest BCUT2D eigenvalue weighted by atomic mass is 9.91. The van der Waals surface area contributed by atoms with Crippen LogP contribution < -0.4 is 10.6 Å². The van der Waals surface area contributed by atoms with Gasteiger partial charge in [0.2, 0.25) is 0 Å². The van der Waals surface area contributed by atoms with Crippen molar-refractivity contribution >= 4 is 0 Å². The van der Waals surface area contributed by atoms with Crippen molar-refractivity contribution in [1.29, 1.82) is 0 Å². The first-order valence-corrected chi connectivity index (χ1v) is 6.54. The second-order valence-electron chi connectivity index (χ2n) is 6.35. The molecule has 0 amide bonds. The summed E-state index contributed by atoms with van der Waals surface area (Å²) in [4.78, 5) is 0. The van der Waals surface area contributed by atoms with E-state index < -0.39 is 0 Å². The lowest BCUT2D eigenvalue weighted by Crippen LogP contribution is -2.49. The predicted octanol–water partition coefficient (Wildman–Crippen LogP) is 2.15. The Morgan fingerprint density at radius 3 is 2.67 bits per heavy atom. The van der Waals surface area contributed by atoms with Crippen LogP contribution in [0.25, 0.3) is 0 Å². The molecule has 0 bridgehead atoms. The standard InChI is InChI=1S/C13H26N2/c1-10-9-14-7-5-12(10)15-11-4-6-13(2,3)8-11/h10-12,14-15H,4-9H2,1-3H3. The van der Waals surface area contributed by atoms with Crippen molar-refractivity contribution in [3.05, 3.63) is 0 Å². The van der Waals surface area contributed by atoms with E-state index in [1.165, 1.54) is 38.8 Å². The summed E-state index contributed by atoms with van der Waals surface area (Å²) in [7, 11) is 0. The van der Waals surface area contributed by atoms with Crippen LogP contribution in [0.5, 0.6) is 0 Å². The van der Waals surface area contributed by atoms with E-state index in [9.17, 15) is 0 Å². The Kier molecular flexibility index (Phi) is 3.36. The van der Waals surface area contributed by atoms with Crippen molar-refractivity contribution in [1.82, 2.24) is 10.6 Å². The molecule has 2 N–H and O–H groups in total. The lowest BCUT2D eigenvalue weighted by molar-refractivity contribution is 0.264. The van der Waals surface area contributed by atoms with Gasteiger partial charge in [0.15, 0.2) is 0 Å². The normalized spacial score (nSPS) is 40.6. The molecule has 1 aliphatic carbocycles. The van der Waals surface area contributed by atoms with Gasteiger partial charge in [-0.3, -0.25) is 0 Å². The minimum absolute atomic E-state index is 0.577. The molecule has 1 heterocycles. The summed E-state index contributed by atoms with van der Waals surface area (Å²) in [6.45, 7) is 9.55. The fourth-order valence-corrected chi connectivity index (χ4v) is 3.14. The van der Waals surface area contributed by atoms with Gasteiger partial charge in [-0.15, -0.1) is 0 Å². The van der Waals surface area contributed by atoms with Crippen LogP contribution in [0.3, 0.4) is 0 Å². The molecular weight excluding hydrogens is 184 g/mol. The molecule has 0 radical (unpaired) electrons. The van der Waals surface area contributed by atoms with Crippen LogP contribution in [0.15, 0.2) is 0 Å². The summed E-state index contributed by atoms with van der Waals surface area (Å²) in [5, 5.41) is 7.35. The molecule has 1 saturated heterocycles. The van der Waals surface area contributed by atoms with E-state index in [1.54, 1.807) is 0 Å². The third-order valence-corrected chi connectivity index (χ3v) is 4.20. The minimum Gasteiger partial charge on any atom is -0.316 e. The monoisotopic (exact) mass is 210 g/mol. The molecule has 0 aromatic heterocycles. The molecule has 2 aliphatic rings. The molecule has 2 fully saturated rings. The molecular formula is C13H26N2. The first-order chi connectivity index (χ1) is 7.07. The number of piperidine rings is 1. The summed E-state index contributed by atoms with van der Waals surface area (Å²) in [6, 6.07) is 1.54. The van der Waals surface area contributed by atoms with Crippen molar-refractivity contribution in [2.75, 3.05) is 13.1 Å². The molecule has 0 spiro atoms. The number of rotatable bonds is 2. The van der Waals surface area contributed by atoms with Gasteiger partial charge in [-0.25, -0.2) is 0 Å². The van der Waals surface area contributed by atoms with Crippen molar-refractivity contribution < 1.29 is 0 Å². The van der Waals surface area contributed by atoms with E-state index in [0.717, 1.165) is 18.0 Å². The van der Waals surface area contributed by atoms with Crippen LogP contribution >= 0.6 is 0 Å². The Hall–Kier alpha value is -0.0800. The van der Waals surface area contributed by atoms with E-state index in [2.05, 4.69) is 31.4 Å². The van der Waals surface area contributed by atoms with Crippen molar-refractivity contribution in [2.24, 2.45) is 11.3 Å². The highest BCUT2D eigenvalue weighted by atomic mass is 15.0. The second-order valence-corrected chi connectivity index (χ2v) is 6.35. The van der Waals surface area contributed by atoms with Gasteiger partial charge < -0.3 is 10.6 Å². The molecule has 2 heteroatoms. The van der Waals surface area contributed by atoms with Gasteiger partial charge in [-0.05, 0) is 50.1 Å². The third kappa shape index (κ3) is 2.94. The summed E-state index contributed by atoms with van der Waals surface area (Å²) in [5.41, 5.74) is 0.577. The highest BCUT2D eigenvalue weighted by Gasteiger charge is 2.33. The molecule has 2 rings (SSSR count). The topological polar surface area (TPSA) is 24.1 Å². The van der Waals surface area contributed by atoms with Crippen LogP contribution in [0.2, 0.25) is 0 Å². The molecule has 1 saturated carbocycles. The Morgan fingerprint density at radius 1 is 1.27 bits per heavy atom. The highest BCUT2D eigenvalue weighted by Crippen LogP contribution is 2.37. The molecule has 15 heavy (non-hydrogen) atoms. The van der Waals surface area contributed by atoms with Crippen molar-refractivity contribution in [2.45, 2.75) is 58.5 Å². The summed E-state index contributed by atoms with van der Waals surface area (Å²) in [5.74, 6) is 0.794. The maximum atomic E-state index is 3.88. The molecule has 0 aromatic carbocycles.